The Morgan fingerprint density at radius 3 is 2.18 bits per heavy atom. The normalized spacial score (nSPS) is 10.7. The summed E-state index contributed by atoms with van der Waals surface area (Å²) in [5.41, 5.74) is 0. The van der Waals surface area contributed by atoms with E-state index in [1.54, 1.807) is 0 Å². The molecular weight excluding hydrogens is 168 g/mol. The van der Waals surface area contributed by atoms with Crippen LogP contribution in [0.5, 0.6) is 0 Å². The molecule has 0 saturated heterocycles. The Morgan fingerprint density at radius 2 is 1.82 bits per heavy atom. The van der Waals surface area contributed by atoms with Crippen LogP contribution in [0.3, 0.4) is 0 Å². The molecule has 0 aromatic carbocycles. The minimum atomic E-state index is -3.22. The van der Waals surface area contributed by atoms with Gasteiger partial charge in [0.25, 0.3) is 0 Å². The Kier molecular flexibility index (Phi) is 4.56. The maximum Gasteiger partial charge on any atom is 0.389 e. The average molecular weight is 174 g/mol. The number of rotatable bonds is 4. The highest BCUT2D eigenvalue weighted by Crippen LogP contribution is 2.05. The molecule has 0 radical (unpaired) electrons. The molecule has 0 N–H and O–H groups in total. The third-order valence-electron chi connectivity index (χ3n) is 0.787. The smallest absolute Gasteiger partial charge is 0.389 e. The fraction of sp³-hybridized carbons (Fsp3) is 0.800. The van der Waals surface area contributed by atoms with Gasteiger partial charge in [0.05, 0.1) is 6.42 Å². The van der Waals surface area contributed by atoms with E-state index in [9.17, 15) is 22.4 Å². The lowest BCUT2D eigenvalue weighted by Crippen LogP contribution is -2.10. The van der Waals surface area contributed by atoms with Crippen LogP contribution in [0, 0.1) is 0 Å². The monoisotopic (exact) mass is 174 g/mol. The molecule has 0 aliphatic rings. The largest absolute Gasteiger partial charge is 0.403 e. The van der Waals surface area contributed by atoms with Crippen molar-refractivity contribution in [3.63, 3.8) is 0 Å². The summed E-state index contributed by atoms with van der Waals surface area (Å²) >= 11 is 0. The number of carbonyl (C=O) groups excluding carboxylic acids is 1. The zero-order valence-electron chi connectivity index (χ0n) is 5.40. The molecule has 0 atom stereocenters. The Morgan fingerprint density at radius 1 is 1.27 bits per heavy atom. The van der Waals surface area contributed by atoms with Crippen LogP contribution in [-0.2, 0) is 9.53 Å². The van der Waals surface area contributed by atoms with Crippen molar-refractivity contribution in [2.75, 3.05) is 0 Å². The Labute approximate surface area is 60.1 Å². The van der Waals surface area contributed by atoms with Crippen LogP contribution in [0.4, 0.5) is 17.6 Å². The molecule has 0 heterocycles. The summed E-state index contributed by atoms with van der Waals surface area (Å²) in [5, 5.41) is 0. The van der Waals surface area contributed by atoms with Gasteiger partial charge < -0.3 is 4.74 Å². The first-order valence-corrected chi connectivity index (χ1v) is 2.78. The molecule has 0 amide bonds. The van der Waals surface area contributed by atoms with Crippen LogP contribution in [0.2, 0.25) is 0 Å². The highest BCUT2D eigenvalue weighted by Gasteiger charge is 2.12. The van der Waals surface area contributed by atoms with Gasteiger partial charge in [-0.05, 0) is 0 Å². The van der Waals surface area contributed by atoms with Gasteiger partial charge in [0, 0.05) is 6.42 Å². The predicted molar refractivity (Wildman–Crippen MR) is 27.3 cm³/mol. The molecule has 0 aromatic rings. The Bertz CT molecular complexity index is 126. The first-order chi connectivity index (χ1) is 5.02. The van der Waals surface area contributed by atoms with E-state index in [0.29, 0.717) is 0 Å². The van der Waals surface area contributed by atoms with Crippen molar-refractivity contribution in [1.29, 1.82) is 0 Å². The third kappa shape index (κ3) is 7.08. The molecule has 0 spiro atoms. The van der Waals surface area contributed by atoms with Gasteiger partial charge in [-0.1, -0.05) is 0 Å². The van der Waals surface area contributed by atoms with Gasteiger partial charge >= 0.3 is 12.6 Å². The van der Waals surface area contributed by atoms with Gasteiger partial charge in [-0.2, -0.15) is 8.78 Å². The second-order valence-corrected chi connectivity index (χ2v) is 1.68. The van der Waals surface area contributed by atoms with E-state index in [1.807, 2.05) is 0 Å². The second kappa shape index (κ2) is 4.92. The zero-order valence-corrected chi connectivity index (χ0v) is 5.40. The van der Waals surface area contributed by atoms with Gasteiger partial charge in [0.2, 0.25) is 6.43 Å². The van der Waals surface area contributed by atoms with E-state index >= 15 is 0 Å². The highest BCUT2D eigenvalue weighted by atomic mass is 19.3. The van der Waals surface area contributed by atoms with E-state index in [4.69, 9.17) is 0 Å². The summed E-state index contributed by atoms with van der Waals surface area (Å²) in [6.45, 7) is -3.22. The molecular formula is C5H6F4O2. The highest BCUT2D eigenvalue weighted by molar-refractivity contribution is 5.69. The molecule has 0 aromatic heterocycles. The van der Waals surface area contributed by atoms with Gasteiger partial charge in [0.1, 0.15) is 0 Å². The van der Waals surface area contributed by atoms with Gasteiger partial charge in [-0.3, -0.25) is 4.79 Å². The standard InChI is InChI=1S/C5H6F4O2/c6-3(7)1-2-4(10)11-5(8)9/h3,5H,1-2H2. The Balaban J connectivity index is 3.38. The molecule has 0 aliphatic carbocycles. The molecule has 0 bridgehead atoms. The summed E-state index contributed by atoms with van der Waals surface area (Å²) in [6.07, 6.45) is -4.09. The zero-order chi connectivity index (χ0) is 8.85. The van der Waals surface area contributed by atoms with E-state index < -0.39 is 31.8 Å². The first-order valence-electron chi connectivity index (χ1n) is 2.78. The lowest BCUT2D eigenvalue weighted by molar-refractivity contribution is -0.176. The van der Waals surface area contributed by atoms with Crippen molar-refractivity contribution in [3.8, 4) is 0 Å². The summed E-state index contributed by atoms with van der Waals surface area (Å²) in [5.74, 6) is -1.31. The molecule has 0 rings (SSSR count). The second-order valence-electron chi connectivity index (χ2n) is 1.68. The molecule has 2 nitrogen and oxygen atoms in total. The maximum absolute atomic E-state index is 11.3. The molecule has 6 heteroatoms. The van der Waals surface area contributed by atoms with Crippen LogP contribution >= 0.6 is 0 Å². The molecule has 0 fully saturated rings. The quantitative estimate of drug-likeness (QED) is 0.479. The molecule has 66 valence electrons. The van der Waals surface area contributed by atoms with Gasteiger partial charge in [-0.25, -0.2) is 8.78 Å². The van der Waals surface area contributed by atoms with Crippen molar-refractivity contribution in [1.82, 2.24) is 0 Å². The molecule has 11 heavy (non-hydrogen) atoms. The molecule has 0 aliphatic heterocycles. The van der Waals surface area contributed by atoms with Crippen molar-refractivity contribution in [2.45, 2.75) is 25.9 Å². The SMILES string of the molecule is O=C(CCC(F)F)OC(F)F. The number of esters is 1. The maximum atomic E-state index is 11.3. The number of hydrogen-bond acceptors (Lipinski definition) is 2. The topological polar surface area (TPSA) is 26.3 Å². The van der Waals surface area contributed by atoms with E-state index in [-0.39, 0.29) is 0 Å². The van der Waals surface area contributed by atoms with Crippen molar-refractivity contribution in [3.05, 3.63) is 0 Å². The van der Waals surface area contributed by atoms with Crippen molar-refractivity contribution in [2.24, 2.45) is 0 Å². The van der Waals surface area contributed by atoms with Crippen LogP contribution in [0.25, 0.3) is 0 Å². The van der Waals surface area contributed by atoms with E-state index in [2.05, 4.69) is 4.74 Å². The summed E-state index contributed by atoms with van der Waals surface area (Å²) in [6, 6.07) is 0. The predicted octanol–water partition coefficient (Wildman–Crippen LogP) is 1.80. The molecule has 0 unspecified atom stereocenters. The minimum Gasteiger partial charge on any atom is -0.403 e. The lowest BCUT2D eigenvalue weighted by atomic mass is 10.3. The average Bonchev–Trinajstić information content (AvgIpc) is 1.82. The third-order valence-corrected chi connectivity index (χ3v) is 0.787. The van der Waals surface area contributed by atoms with Gasteiger partial charge in [-0.15, -0.1) is 0 Å². The fourth-order valence-electron chi connectivity index (χ4n) is 0.385. The van der Waals surface area contributed by atoms with Crippen LogP contribution < -0.4 is 0 Å². The summed E-state index contributed by atoms with van der Waals surface area (Å²) in [4.78, 5) is 10.1. The summed E-state index contributed by atoms with van der Waals surface area (Å²) in [7, 11) is 0. The van der Waals surface area contributed by atoms with Crippen molar-refractivity contribution < 1.29 is 27.1 Å². The number of ether oxygens (including phenoxy) is 1. The fourth-order valence-corrected chi connectivity index (χ4v) is 0.385. The lowest BCUT2D eigenvalue weighted by Gasteiger charge is -2.01. The minimum absolute atomic E-state index is 0.679. The van der Waals surface area contributed by atoms with Gasteiger partial charge in [0.15, 0.2) is 0 Å². The van der Waals surface area contributed by atoms with Crippen LogP contribution in [0.1, 0.15) is 12.8 Å². The van der Waals surface area contributed by atoms with Crippen LogP contribution in [-0.4, -0.2) is 19.0 Å². The number of hydrogen-bond donors (Lipinski definition) is 0. The summed E-state index contributed by atoms with van der Waals surface area (Å²) < 4.78 is 48.3. The number of halogens is 4. The Hall–Kier alpha value is -0.810. The first kappa shape index (κ1) is 10.2. The van der Waals surface area contributed by atoms with Crippen molar-refractivity contribution >= 4 is 5.97 Å². The number of carbonyl (C=O) groups is 1. The molecule has 0 saturated carbocycles. The van der Waals surface area contributed by atoms with E-state index in [0.717, 1.165) is 0 Å². The van der Waals surface area contributed by atoms with E-state index in [1.165, 1.54) is 0 Å². The number of alkyl halides is 4. The van der Waals surface area contributed by atoms with Crippen LogP contribution in [0.15, 0.2) is 0 Å².